The molecule has 0 aliphatic rings. The summed E-state index contributed by atoms with van der Waals surface area (Å²) in [6.45, 7) is 3.46. The normalized spacial score (nSPS) is 13.0. The molecule has 0 saturated heterocycles. The van der Waals surface area contributed by atoms with Gasteiger partial charge < -0.3 is 0 Å². The monoisotopic (exact) mass is 509 g/mol. The number of alkyl halides is 6. The van der Waals surface area contributed by atoms with Gasteiger partial charge in [0, 0.05) is 17.7 Å². The molecule has 0 bridgehead atoms. The van der Waals surface area contributed by atoms with E-state index in [1.54, 1.807) is 6.92 Å². The molecule has 2 aromatic rings. The van der Waals surface area contributed by atoms with Crippen molar-refractivity contribution in [3.05, 3.63) is 70.3 Å². The van der Waals surface area contributed by atoms with Crippen molar-refractivity contribution >= 4 is 11.8 Å². The molecule has 11 heteroatoms. The molecule has 3 nitrogen and oxygen atoms in total. The van der Waals surface area contributed by atoms with Gasteiger partial charge in [0.1, 0.15) is 11.6 Å². The third-order valence-corrected chi connectivity index (χ3v) is 5.52. The summed E-state index contributed by atoms with van der Waals surface area (Å²) in [7, 11) is 0. The number of unbranched alkanes of at least 4 members (excludes halogenated alkanes) is 1. The van der Waals surface area contributed by atoms with Crippen molar-refractivity contribution in [3.63, 3.8) is 0 Å². The number of halogens is 8. The predicted octanol–water partition coefficient (Wildman–Crippen LogP) is 7.50. The van der Waals surface area contributed by atoms with Crippen LogP contribution in [0.4, 0.5) is 35.1 Å². The van der Waals surface area contributed by atoms with Gasteiger partial charge in [-0.05, 0) is 48.7 Å². The van der Waals surface area contributed by atoms with Crippen LogP contribution in [0.2, 0.25) is 0 Å². The highest BCUT2D eigenvalue weighted by atomic mass is 19.4. The second kappa shape index (κ2) is 11.2. The molecule has 0 radical (unpaired) electrons. The topological polar surface area (TPSA) is 37.4 Å². The van der Waals surface area contributed by atoms with Crippen LogP contribution in [0.25, 0.3) is 0 Å². The van der Waals surface area contributed by atoms with Crippen LogP contribution in [0.15, 0.2) is 36.4 Å². The average Bonchev–Trinajstić information content (AvgIpc) is 2.76. The second-order valence-corrected chi connectivity index (χ2v) is 8.02. The zero-order valence-electron chi connectivity index (χ0n) is 18.9. The van der Waals surface area contributed by atoms with Crippen LogP contribution in [0.1, 0.15) is 71.4 Å². The van der Waals surface area contributed by atoms with Gasteiger partial charge in [0.25, 0.3) is 11.8 Å². The zero-order valence-corrected chi connectivity index (χ0v) is 18.9. The van der Waals surface area contributed by atoms with E-state index < -0.39 is 58.1 Å². The lowest BCUT2D eigenvalue weighted by atomic mass is 9.97. The quantitative estimate of drug-likeness (QED) is 0.273. The molecule has 2 amide bonds. The second-order valence-electron chi connectivity index (χ2n) is 8.02. The summed E-state index contributed by atoms with van der Waals surface area (Å²) in [5.74, 6) is -6.01. The van der Waals surface area contributed by atoms with E-state index >= 15 is 0 Å². The highest BCUT2D eigenvalue weighted by Crippen LogP contribution is 2.33. The van der Waals surface area contributed by atoms with Gasteiger partial charge in [0.2, 0.25) is 0 Å². The lowest BCUT2D eigenvalue weighted by molar-refractivity contribution is -0.140. The van der Waals surface area contributed by atoms with Gasteiger partial charge in [0.15, 0.2) is 0 Å². The Balaban J connectivity index is 2.49. The Bertz CT molecular complexity index is 987. The molecule has 192 valence electrons. The third-order valence-electron chi connectivity index (χ3n) is 5.52. The van der Waals surface area contributed by atoms with Gasteiger partial charge >= 0.3 is 12.4 Å². The molecular formula is C24H23F8NO2. The number of hydrogen-bond acceptors (Lipinski definition) is 2. The van der Waals surface area contributed by atoms with E-state index in [1.165, 1.54) is 0 Å². The Hall–Kier alpha value is -2.98. The number of rotatable bonds is 8. The number of benzene rings is 2. The first-order chi connectivity index (χ1) is 16.2. The molecule has 0 saturated carbocycles. The standard InChI is InChI=1S/C24H23F8NO2/c1-3-5-6-14(4-2)13-33(21(34)15-7-9-17(19(25)11-15)23(27,28)29)22(35)16-8-10-18(20(26)12-16)24(30,31)32/h7-12,14H,3-6,13H2,1-2H3. The van der Waals surface area contributed by atoms with Crippen molar-refractivity contribution in [2.24, 2.45) is 5.92 Å². The summed E-state index contributed by atoms with van der Waals surface area (Å²) in [5, 5.41) is 0. The van der Waals surface area contributed by atoms with Gasteiger partial charge in [-0.1, -0.05) is 33.1 Å². The summed E-state index contributed by atoms with van der Waals surface area (Å²) in [6, 6.07) is 2.80. The van der Waals surface area contributed by atoms with Gasteiger partial charge in [0.05, 0.1) is 11.1 Å². The Morgan fingerprint density at radius 2 is 1.23 bits per heavy atom. The van der Waals surface area contributed by atoms with Crippen molar-refractivity contribution in [3.8, 4) is 0 Å². The van der Waals surface area contributed by atoms with Gasteiger partial charge in [-0.2, -0.15) is 26.3 Å². The van der Waals surface area contributed by atoms with Crippen LogP contribution in [0.5, 0.6) is 0 Å². The number of carbonyl (C=O) groups excluding carboxylic acids is 2. The van der Waals surface area contributed by atoms with Crippen molar-refractivity contribution in [1.82, 2.24) is 4.90 Å². The van der Waals surface area contributed by atoms with Crippen LogP contribution in [0.3, 0.4) is 0 Å². The predicted molar refractivity (Wildman–Crippen MR) is 111 cm³/mol. The maximum Gasteiger partial charge on any atom is 0.419 e. The summed E-state index contributed by atoms with van der Waals surface area (Å²) in [5.41, 5.74) is -4.35. The molecule has 35 heavy (non-hydrogen) atoms. The highest BCUT2D eigenvalue weighted by Gasteiger charge is 2.36. The van der Waals surface area contributed by atoms with Crippen LogP contribution >= 0.6 is 0 Å². The lowest BCUT2D eigenvalue weighted by Crippen LogP contribution is -2.40. The largest absolute Gasteiger partial charge is 0.419 e. The maximum absolute atomic E-state index is 14.1. The first-order valence-electron chi connectivity index (χ1n) is 10.8. The number of hydrogen-bond donors (Lipinski definition) is 0. The molecule has 0 aliphatic heterocycles. The van der Waals surface area contributed by atoms with Crippen LogP contribution in [-0.2, 0) is 12.4 Å². The van der Waals surface area contributed by atoms with E-state index in [0.717, 1.165) is 12.8 Å². The minimum atomic E-state index is -5.01. The van der Waals surface area contributed by atoms with Crippen LogP contribution < -0.4 is 0 Å². The number of carbonyl (C=O) groups is 2. The Morgan fingerprint density at radius 1 is 0.800 bits per heavy atom. The lowest BCUT2D eigenvalue weighted by Gasteiger charge is -2.26. The first kappa shape index (κ1) is 28.3. The highest BCUT2D eigenvalue weighted by molar-refractivity contribution is 6.10. The van der Waals surface area contributed by atoms with Crippen molar-refractivity contribution < 1.29 is 44.7 Å². The number of imide groups is 1. The average molecular weight is 509 g/mol. The molecule has 2 rings (SSSR count). The molecule has 0 fully saturated rings. The van der Waals surface area contributed by atoms with Crippen LogP contribution in [0, 0.1) is 17.6 Å². The van der Waals surface area contributed by atoms with Crippen molar-refractivity contribution in [2.75, 3.05) is 6.54 Å². The first-order valence-corrected chi connectivity index (χ1v) is 10.8. The van der Waals surface area contributed by atoms with E-state index in [-0.39, 0.29) is 12.5 Å². The molecule has 0 aliphatic carbocycles. The van der Waals surface area contributed by atoms with Gasteiger partial charge in [-0.15, -0.1) is 0 Å². The fourth-order valence-corrected chi connectivity index (χ4v) is 3.50. The molecule has 0 heterocycles. The molecule has 0 spiro atoms. The van der Waals surface area contributed by atoms with E-state index in [2.05, 4.69) is 0 Å². The van der Waals surface area contributed by atoms with E-state index in [4.69, 9.17) is 0 Å². The molecule has 0 aromatic heterocycles. The molecule has 0 N–H and O–H groups in total. The molecule has 1 unspecified atom stereocenters. The molecule has 1 atom stereocenters. The summed E-state index contributed by atoms with van der Waals surface area (Å²) in [6.07, 6.45) is -7.41. The zero-order chi connectivity index (χ0) is 26.6. The van der Waals surface area contributed by atoms with Gasteiger partial charge in [-0.25, -0.2) is 8.78 Å². The summed E-state index contributed by atoms with van der Waals surface area (Å²) >= 11 is 0. The number of amides is 2. The minimum Gasteiger partial charge on any atom is -0.274 e. The van der Waals surface area contributed by atoms with E-state index in [9.17, 15) is 44.7 Å². The fraction of sp³-hybridized carbons (Fsp3) is 0.417. The smallest absolute Gasteiger partial charge is 0.274 e. The fourth-order valence-electron chi connectivity index (χ4n) is 3.50. The SMILES string of the molecule is CCCCC(CC)CN(C(=O)c1ccc(C(F)(F)F)c(F)c1)C(=O)c1ccc(C(F)(F)F)c(F)c1. The van der Waals surface area contributed by atoms with Crippen LogP contribution in [-0.4, -0.2) is 23.3 Å². The van der Waals surface area contributed by atoms with E-state index in [1.807, 2.05) is 6.92 Å². The number of nitrogens with zero attached hydrogens (tertiary/aromatic N) is 1. The van der Waals surface area contributed by atoms with Gasteiger partial charge in [-0.3, -0.25) is 14.5 Å². The molecular weight excluding hydrogens is 486 g/mol. The minimum absolute atomic E-state index is 0.237. The van der Waals surface area contributed by atoms with Crippen molar-refractivity contribution in [2.45, 2.75) is 51.9 Å². The molecule has 2 aromatic carbocycles. The summed E-state index contributed by atoms with van der Waals surface area (Å²) in [4.78, 5) is 26.8. The van der Waals surface area contributed by atoms with Crippen molar-refractivity contribution in [1.29, 1.82) is 0 Å². The Labute approximate surface area is 196 Å². The maximum atomic E-state index is 14.1. The Morgan fingerprint density at radius 3 is 1.54 bits per heavy atom. The van der Waals surface area contributed by atoms with E-state index in [0.29, 0.717) is 54.1 Å². The third kappa shape index (κ3) is 7.02. The Kier molecular flexibility index (Phi) is 9.02. The summed E-state index contributed by atoms with van der Waals surface area (Å²) < 4.78 is 105.